The van der Waals surface area contributed by atoms with Crippen molar-refractivity contribution >= 4 is 11.9 Å². The molecule has 3 heterocycles. The third-order valence-electron chi connectivity index (χ3n) is 6.50. The summed E-state index contributed by atoms with van der Waals surface area (Å²) in [4.78, 5) is 29.6. The number of amides is 1. The maximum Gasteiger partial charge on any atom is 0.230 e. The first-order chi connectivity index (χ1) is 17.9. The van der Waals surface area contributed by atoms with Crippen molar-refractivity contribution in [2.24, 2.45) is 11.3 Å². The third kappa shape index (κ3) is 5.95. The standard InChI is InChI=1S/C26H31FN6O4/c1-26(24(35)28-10-2-12-34)14-36-23(37-15-26)22-32-20(17-5-7-18(27)8-6-17)21(33-22)19-9-11-29-25(31-19)30-13-16-3-4-16/h5-9,11,16,23,34H,2-4,10,12-15H2,1H3,(H,28,35)(H,32,33)(H,29,30,31). The number of rotatable bonds is 10. The smallest absolute Gasteiger partial charge is 0.230 e. The molecular formula is C26H31FN6O4. The Hall–Kier alpha value is -3.41. The van der Waals surface area contributed by atoms with Crippen molar-refractivity contribution in [2.75, 3.05) is 38.2 Å². The van der Waals surface area contributed by atoms with Crippen molar-refractivity contribution in [1.29, 1.82) is 0 Å². The van der Waals surface area contributed by atoms with E-state index in [1.807, 2.05) is 0 Å². The van der Waals surface area contributed by atoms with Crippen molar-refractivity contribution in [3.8, 4) is 22.6 Å². The Morgan fingerprint density at radius 1 is 1.19 bits per heavy atom. The number of aromatic nitrogens is 4. The average Bonchev–Trinajstić information content (AvgIpc) is 3.65. The summed E-state index contributed by atoms with van der Waals surface area (Å²) in [6.45, 7) is 3.26. The van der Waals surface area contributed by atoms with E-state index in [1.165, 1.54) is 25.0 Å². The van der Waals surface area contributed by atoms with Gasteiger partial charge in [-0.15, -0.1) is 0 Å². The first-order valence-electron chi connectivity index (χ1n) is 12.5. The van der Waals surface area contributed by atoms with Gasteiger partial charge in [-0.2, -0.15) is 0 Å². The van der Waals surface area contributed by atoms with Gasteiger partial charge in [0.2, 0.25) is 18.1 Å². The van der Waals surface area contributed by atoms with Gasteiger partial charge < -0.3 is 30.2 Å². The van der Waals surface area contributed by atoms with E-state index < -0.39 is 11.7 Å². The molecule has 0 bridgehead atoms. The summed E-state index contributed by atoms with van der Waals surface area (Å²) in [7, 11) is 0. The largest absolute Gasteiger partial charge is 0.396 e. The molecule has 196 valence electrons. The molecule has 37 heavy (non-hydrogen) atoms. The number of carbonyl (C=O) groups excluding carboxylic acids is 1. The van der Waals surface area contributed by atoms with Gasteiger partial charge in [-0.3, -0.25) is 4.79 Å². The van der Waals surface area contributed by atoms with Crippen LogP contribution in [0.15, 0.2) is 36.5 Å². The van der Waals surface area contributed by atoms with E-state index in [4.69, 9.17) is 19.6 Å². The van der Waals surface area contributed by atoms with Gasteiger partial charge in [0.25, 0.3) is 0 Å². The van der Waals surface area contributed by atoms with Crippen LogP contribution in [0.1, 0.15) is 38.3 Å². The highest BCUT2D eigenvalue weighted by atomic mass is 19.1. The highest BCUT2D eigenvalue weighted by Crippen LogP contribution is 2.36. The summed E-state index contributed by atoms with van der Waals surface area (Å²) in [6.07, 6.45) is 3.78. The van der Waals surface area contributed by atoms with E-state index >= 15 is 0 Å². The topological polar surface area (TPSA) is 134 Å². The number of hydrogen-bond acceptors (Lipinski definition) is 8. The zero-order valence-corrected chi connectivity index (χ0v) is 20.7. The molecule has 10 nitrogen and oxygen atoms in total. The number of nitrogens with zero attached hydrogens (tertiary/aromatic N) is 3. The number of ether oxygens (including phenoxy) is 2. The molecule has 2 aliphatic rings. The van der Waals surface area contributed by atoms with Gasteiger partial charge in [-0.25, -0.2) is 19.3 Å². The number of benzene rings is 1. The van der Waals surface area contributed by atoms with Crippen LogP contribution in [0, 0.1) is 17.2 Å². The number of aliphatic hydroxyl groups is 1. The number of nitrogens with one attached hydrogen (secondary N) is 3. The maximum absolute atomic E-state index is 13.6. The molecule has 5 rings (SSSR count). The van der Waals surface area contributed by atoms with Gasteiger partial charge in [-0.05, 0) is 62.4 Å². The van der Waals surface area contributed by atoms with E-state index in [0.717, 1.165) is 6.54 Å². The van der Waals surface area contributed by atoms with Gasteiger partial charge in [0.15, 0.2) is 5.82 Å². The second-order valence-electron chi connectivity index (χ2n) is 9.79. The Kier molecular flexibility index (Phi) is 7.45. The number of hydrogen-bond donors (Lipinski definition) is 4. The lowest BCUT2D eigenvalue weighted by molar-refractivity contribution is -0.231. The predicted octanol–water partition coefficient (Wildman–Crippen LogP) is 3.05. The van der Waals surface area contributed by atoms with Crippen LogP contribution in [0.4, 0.5) is 10.3 Å². The van der Waals surface area contributed by atoms with E-state index in [-0.39, 0.29) is 31.5 Å². The molecular weight excluding hydrogens is 479 g/mol. The first kappa shape index (κ1) is 25.2. The number of carbonyl (C=O) groups is 1. The van der Waals surface area contributed by atoms with E-state index in [0.29, 0.717) is 53.3 Å². The van der Waals surface area contributed by atoms with E-state index in [9.17, 15) is 9.18 Å². The third-order valence-corrected chi connectivity index (χ3v) is 6.50. The van der Waals surface area contributed by atoms with Crippen molar-refractivity contribution in [2.45, 2.75) is 32.5 Å². The lowest BCUT2D eigenvalue weighted by Crippen LogP contribution is -2.48. The summed E-state index contributed by atoms with van der Waals surface area (Å²) >= 11 is 0. The number of anilines is 1. The van der Waals surface area contributed by atoms with Crippen LogP contribution in [0.5, 0.6) is 0 Å². The number of imidazole rings is 1. The van der Waals surface area contributed by atoms with E-state index in [1.54, 1.807) is 31.3 Å². The second kappa shape index (κ2) is 10.9. The minimum atomic E-state index is -0.865. The molecule has 3 aromatic rings. The maximum atomic E-state index is 13.6. The summed E-state index contributed by atoms with van der Waals surface area (Å²) in [5.74, 6) is 1.08. The normalized spacial score (nSPS) is 21.5. The van der Waals surface area contributed by atoms with Crippen molar-refractivity contribution < 1.29 is 23.8 Å². The molecule has 4 N–H and O–H groups in total. The molecule has 1 amide bonds. The van der Waals surface area contributed by atoms with Gasteiger partial charge >= 0.3 is 0 Å². The van der Waals surface area contributed by atoms with Crippen molar-refractivity contribution in [3.05, 3.63) is 48.2 Å². The second-order valence-corrected chi connectivity index (χ2v) is 9.79. The van der Waals surface area contributed by atoms with Crippen LogP contribution >= 0.6 is 0 Å². The zero-order valence-electron chi connectivity index (χ0n) is 20.7. The minimum Gasteiger partial charge on any atom is -0.396 e. The van der Waals surface area contributed by atoms with Gasteiger partial charge in [0.1, 0.15) is 5.82 Å². The van der Waals surface area contributed by atoms with Gasteiger partial charge in [0.05, 0.1) is 35.7 Å². The van der Waals surface area contributed by atoms with Crippen LogP contribution in [0.25, 0.3) is 22.6 Å². The molecule has 11 heteroatoms. The van der Waals surface area contributed by atoms with Crippen LogP contribution in [-0.4, -0.2) is 63.9 Å². The summed E-state index contributed by atoms with van der Waals surface area (Å²) in [6, 6.07) is 7.85. The monoisotopic (exact) mass is 510 g/mol. The van der Waals surface area contributed by atoms with Crippen LogP contribution in [0.3, 0.4) is 0 Å². The number of H-pyrrole nitrogens is 1. The van der Waals surface area contributed by atoms with Gasteiger partial charge in [-0.1, -0.05) is 0 Å². The summed E-state index contributed by atoms with van der Waals surface area (Å²) in [5, 5.41) is 15.0. The molecule has 0 unspecified atom stereocenters. The van der Waals surface area contributed by atoms with Crippen LogP contribution in [-0.2, 0) is 14.3 Å². The Morgan fingerprint density at radius 2 is 1.95 bits per heavy atom. The first-order valence-corrected chi connectivity index (χ1v) is 12.5. The lowest BCUT2D eigenvalue weighted by atomic mass is 9.91. The SMILES string of the molecule is CC1(C(=O)NCCCO)COC(c2nc(-c3ccc(F)cc3)c(-c3ccnc(NCC4CC4)n3)[nH]2)OC1. The highest BCUT2D eigenvalue weighted by Gasteiger charge is 2.40. The zero-order chi connectivity index (χ0) is 25.8. The molecule has 1 aromatic carbocycles. The van der Waals surface area contributed by atoms with Crippen LogP contribution < -0.4 is 10.6 Å². The highest BCUT2D eigenvalue weighted by molar-refractivity contribution is 5.82. The Labute approximate surface area is 214 Å². The number of halogens is 1. The quantitative estimate of drug-likeness (QED) is 0.306. The molecule has 1 aliphatic heterocycles. The average molecular weight is 511 g/mol. The molecule has 0 spiro atoms. The number of aliphatic hydroxyl groups excluding tert-OH is 1. The molecule has 2 fully saturated rings. The Balaban J connectivity index is 1.38. The van der Waals surface area contributed by atoms with Gasteiger partial charge in [0, 0.05) is 31.5 Å². The molecule has 1 aliphatic carbocycles. The molecule has 0 radical (unpaired) electrons. The predicted molar refractivity (Wildman–Crippen MR) is 134 cm³/mol. The fourth-order valence-corrected chi connectivity index (χ4v) is 4.04. The van der Waals surface area contributed by atoms with Crippen LogP contribution in [0.2, 0.25) is 0 Å². The molecule has 2 aromatic heterocycles. The number of aromatic amines is 1. The lowest BCUT2D eigenvalue weighted by Gasteiger charge is -2.35. The molecule has 0 atom stereocenters. The molecule has 1 saturated heterocycles. The summed E-state index contributed by atoms with van der Waals surface area (Å²) in [5.41, 5.74) is 1.66. The Bertz CT molecular complexity index is 1220. The minimum absolute atomic E-state index is 0.00763. The fraction of sp³-hybridized carbons (Fsp3) is 0.462. The van der Waals surface area contributed by atoms with E-state index in [2.05, 4.69) is 25.6 Å². The molecule has 1 saturated carbocycles. The van der Waals surface area contributed by atoms with Crippen molar-refractivity contribution in [1.82, 2.24) is 25.3 Å². The van der Waals surface area contributed by atoms with Crippen molar-refractivity contribution in [3.63, 3.8) is 0 Å². The fourth-order valence-electron chi connectivity index (χ4n) is 4.04. The Morgan fingerprint density at radius 3 is 2.65 bits per heavy atom. The summed E-state index contributed by atoms with van der Waals surface area (Å²) < 4.78 is 25.5.